The molecule has 4 saturated carbocycles. The zero-order valence-electron chi connectivity index (χ0n) is 12.5. The lowest BCUT2D eigenvalue weighted by Gasteiger charge is -2.56. The molecule has 0 saturated heterocycles. The summed E-state index contributed by atoms with van der Waals surface area (Å²) in [5, 5.41) is 3.18. The van der Waals surface area contributed by atoms with Gasteiger partial charge in [-0.1, -0.05) is 0 Å². The van der Waals surface area contributed by atoms with Crippen molar-refractivity contribution in [1.29, 1.82) is 0 Å². The molecule has 0 heterocycles. The fourth-order valence-electron chi connectivity index (χ4n) is 5.27. The molecule has 0 radical (unpaired) electrons. The molecule has 1 atom stereocenters. The molecule has 0 aliphatic heterocycles. The van der Waals surface area contributed by atoms with Crippen LogP contribution >= 0.6 is 0 Å². The standard InChI is InChI=1S/C16H28N2O/c1-9(18-15(19)16(2,3)17)14-12-5-10-4-11(7-12)8-13(14)6-10/h9-14H,4-8,17H2,1-3H3,(H,18,19). The van der Waals surface area contributed by atoms with Crippen molar-refractivity contribution in [1.82, 2.24) is 5.32 Å². The van der Waals surface area contributed by atoms with Crippen molar-refractivity contribution in [3.05, 3.63) is 0 Å². The van der Waals surface area contributed by atoms with Crippen molar-refractivity contribution >= 4 is 5.91 Å². The molecule has 108 valence electrons. The van der Waals surface area contributed by atoms with Gasteiger partial charge in [0.1, 0.15) is 0 Å². The molecule has 4 aliphatic carbocycles. The van der Waals surface area contributed by atoms with Crippen LogP contribution in [0.2, 0.25) is 0 Å². The first-order chi connectivity index (χ1) is 8.84. The number of rotatable bonds is 3. The Morgan fingerprint density at radius 1 is 1.11 bits per heavy atom. The van der Waals surface area contributed by atoms with Gasteiger partial charge in [0, 0.05) is 6.04 Å². The minimum atomic E-state index is -0.764. The third-order valence-electron chi connectivity index (χ3n) is 5.82. The summed E-state index contributed by atoms with van der Waals surface area (Å²) in [5.74, 6) is 4.38. The molecule has 4 fully saturated rings. The van der Waals surface area contributed by atoms with E-state index in [2.05, 4.69) is 12.2 Å². The number of carbonyl (C=O) groups is 1. The summed E-state index contributed by atoms with van der Waals surface area (Å²) < 4.78 is 0. The lowest BCUT2D eigenvalue weighted by molar-refractivity contribution is -0.127. The first kappa shape index (κ1) is 13.4. The molecule has 0 aromatic heterocycles. The van der Waals surface area contributed by atoms with Crippen molar-refractivity contribution < 1.29 is 4.79 Å². The molecule has 3 nitrogen and oxygen atoms in total. The Kier molecular flexibility index (Phi) is 3.16. The first-order valence-electron chi connectivity index (χ1n) is 7.94. The Morgan fingerprint density at radius 2 is 1.58 bits per heavy atom. The summed E-state index contributed by atoms with van der Waals surface area (Å²) >= 11 is 0. The fraction of sp³-hybridized carbons (Fsp3) is 0.938. The Morgan fingerprint density at radius 3 is 2.00 bits per heavy atom. The van der Waals surface area contributed by atoms with E-state index in [1.54, 1.807) is 13.8 Å². The third kappa shape index (κ3) is 2.42. The van der Waals surface area contributed by atoms with Gasteiger partial charge in [0.15, 0.2) is 0 Å². The molecule has 4 aliphatic rings. The van der Waals surface area contributed by atoms with E-state index >= 15 is 0 Å². The highest BCUT2D eigenvalue weighted by molar-refractivity contribution is 5.85. The van der Waals surface area contributed by atoms with E-state index in [0.29, 0.717) is 5.92 Å². The summed E-state index contributed by atoms with van der Waals surface area (Å²) in [6.45, 7) is 5.76. The highest BCUT2D eigenvalue weighted by Crippen LogP contribution is 2.57. The number of carbonyl (C=O) groups excluding carboxylic acids is 1. The van der Waals surface area contributed by atoms with Crippen LogP contribution in [0.25, 0.3) is 0 Å². The second kappa shape index (κ2) is 4.47. The van der Waals surface area contributed by atoms with Crippen molar-refractivity contribution in [2.24, 2.45) is 35.3 Å². The summed E-state index contributed by atoms with van der Waals surface area (Å²) in [6, 6.07) is 0.283. The van der Waals surface area contributed by atoms with Crippen LogP contribution in [0, 0.1) is 29.6 Å². The molecular formula is C16H28N2O. The average molecular weight is 264 g/mol. The van der Waals surface area contributed by atoms with Crippen molar-refractivity contribution in [2.45, 2.75) is 64.5 Å². The maximum Gasteiger partial charge on any atom is 0.239 e. The average Bonchev–Trinajstić information content (AvgIpc) is 2.25. The number of hydrogen-bond donors (Lipinski definition) is 2. The zero-order valence-corrected chi connectivity index (χ0v) is 12.5. The second-order valence-corrected chi connectivity index (χ2v) is 7.99. The van der Waals surface area contributed by atoms with Gasteiger partial charge in [0.05, 0.1) is 5.54 Å². The van der Waals surface area contributed by atoms with E-state index in [1.165, 1.54) is 32.1 Å². The van der Waals surface area contributed by atoms with E-state index in [9.17, 15) is 4.79 Å². The van der Waals surface area contributed by atoms with Gasteiger partial charge in [-0.25, -0.2) is 0 Å². The maximum atomic E-state index is 12.1. The topological polar surface area (TPSA) is 55.1 Å². The van der Waals surface area contributed by atoms with Crippen LogP contribution in [0.1, 0.15) is 52.9 Å². The van der Waals surface area contributed by atoms with Crippen LogP contribution in [0.15, 0.2) is 0 Å². The molecule has 1 unspecified atom stereocenters. The number of hydrogen-bond acceptors (Lipinski definition) is 2. The van der Waals surface area contributed by atoms with Crippen LogP contribution < -0.4 is 11.1 Å². The largest absolute Gasteiger partial charge is 0.352 e. The number of nitrogens with two attached hydrogens (primary N) is 1. The van der Waals surface area contributed by atoms with Gasteiger partial charge < -0.3 is 11.1 Å². The first-order valence-corrected chi connectivity index (χ1v) is 7.94. The van der Waals surface area contributed by atoms with Gasteiger partial charge in [0.2, 0.25) is 5.91 Å². The van der Waals surface area contributed by atoms with Crippen molar-refractivity contribution in [3.8, 4) is 0 Å². The number of amides is 1. The second-order valence-electron chi connectivity index (χ2n) is 7.99. The number of nitrogens with one attached hydrogen (secondary N) is 1. The van der Waals surface area contributed by atoms with E-state index in [-0.39, 0.29) is 11.9 Å². The third-order valence-corrected chi connectivity index (χ3v) is 5.82. The Balaban J connectivity index is 1.67. The normalized spacial score (nSPS) is 42.2. The summed E-state index contributed by atoms with van der Waals surface area (Å²) in [6.07, 6.45) is 7.11. The molecular weight excluding hydrogens is 236 g/mol. The van der Waals surface area contributed by atoms with E-state index in [0.717, 1.165) is 23.7 Å². The Labute approximate surface area is 116 Å². The zero-order chi connectivity index (χ0) is 13.8. The molecule has 3 N–H and O–H groups in total. The molecule has 19 heavy (non-hydrogen) atoms. The Bertz CT molecular complexity index is 343. The highest BCUT2D eigenvalue weighted by atomic mass is 16.2. The van der Waals surface area contributed by atoms with Crippen LogP contribution in [0.4, 0.5) is 0 Å². The van der Waals surface area contributed by atoms with Crippen LogP contribution in [-0.4, -0.2) is 17.5 Å². The van der Waals surface area contributed by atoms with Gasteiger partial charge in [-0.3, -0.25) is 4.79 Å². The van der Waals surface area contributed by atoms with Gasteiger partial charge in [-0.15, -0.1) is 0 Å². The van der Waals surface area contributed by atoms with Crippen LogP contribution in [0.5, 0.6) is 0 Å². The monoisotopic (exact) mass is 264 g/mol. The van der Waals surface area contributed by atoms with Crippen molar-refractivity contribution in [3.63, 3.8) is 0 Å². The van der Waals surface area contributed by atoms with Gasteiger partial charge >= 0.3 is 0 Å². The van der Waals surface area contributed by atoms with Gasteiger partial charge in [-0.2, -0.15) is 0 Å². The lowest BCUT2D eigenvalue weighted by atomic mass is 9.50. The summed E-state index contributed by atoms with van der Waals surface area (Å²) in [5.41, 5.74) is 5.13. The van der Waals surface area contributed by atoms with Crippen LogP contribution in [-0.2, 0) is 4.79 Å². The molecule has 0 aromatic rings. The smallest absolute Gasteiger partial charge is 0.239 e. The molecule has 4 rings (SSSR count). The highest BCUT2D eigenvalue weighted by Gasteiger charge is 2.50. The van der Waals surface area contributed by atoms with E-state index < -0.39 is 5.54 Å². The van der Waals surface area contributed by atoms with E-state index in [4.69, 9.17) is 5.73 Å². The predicted octanol–water partition coefficient (Wildman–Crippen LogP) is 2.30. The summed E-state index contributed by atoms with van der Waals surface area (Å²) in [7, 11) is 0. The minimum Gasteiger partial charge on any atom is -0.352 e. The predicted molar refractivity (Wildman–Crippen MR) is 76.4 cm³/mol. The quantitative estimate of drug-likeness (QED) is 0.822. The van der Waals surface area contributed by atoms with Gasteiger partial charge in [-0.05, 0) is 82.5 Å². The molecule has 3 heteroatoms. The minimum absolute atomic E-state index is 0.00573. The SMILES string of the molecule is CC(NC(=O)C(C)(C)N)C1C2CC3CC(C2)CC1C3. The molecule has 0 spiro atoms. The summed E-state index contributed by atoms with van der Waals surface area (Å²) in [4.78, 5) is 12.1. The maximum absolute atomic E-state index is 12.1. The van der Waals surface area contributed by atoms with E-state index in [1.807, 2.05) is 0 Å². The molecule has 0 aromatic carbocycles. The molecule has 4 bridgehead atoms. The Hall–Kier alpha value is -0.570. The molecule has 1 amide bonds. The lowest BCUT2D eigenvalue weighted by Crippen LogP contribution is -2.57. The van der Waals surface area contributed by atoms with Gasteiger partial charge in [0.25, 0.3) is 0 Å². The fourth-order valence-corrected chi connectivity index (χ4v) is 5.27. The van der Waals surface area contributed by atoms with Crippen molar-refractivity contribution in [2.75, 3.05) is 0 Å². The van der Waals surface area contributed by atoms with Crippen LogP contribution in [0.3, 0.4) is 0 Å².